The van der Waals surface area contributed by atoms with Crippen molar-refractivity contribution in [3.8, 4) is 0 Å². The van der Waals surface area contributed by atoms with Crippen LogP contribution in [0.2, 0.25) is 0 Å². The van der Waals surface area contributed by atoms with Gasteiger partial charge in [-0.3, -0.25) is 0 Å². The molecular weight excluding hydrogens is 371 g/mol. The zero-order valence-corrected chi connectivity index (χ0v) is 15.2. The molecule has 5 nitrogen and oxygen atoms in total. The van der Waals surface area contributed by atoms with Gasteiger partial charge in [-0.1, -0.05) is 0 Å². The van der Waals surface area contributed by atoms with Crippen molar-refractivity contribution in [1.29, 1.82) is 0 Å². The number of nitrogens with zero attached hydrogens (tertiary/aromatic N) is 3. The maximum atomic E-state index is 3.94. The van der Waals surface area contributed by atoms with Crippen LogP contribution in [-0.4, -0.2) is 64.3 Å². The van der Waals surface area contributed by atoms with E-state index in [4.69, 9.17) is 0 Å². The van der Waals surface area contributed by atoms with E-state index in [1.165, 1.54) is 0 Å². The fourth-order valence-corrected chi connectivity index (χ4v) is 22.7. The fourth-order valence-electron chi connectivity index (χ4n) is 2.78. The predicted octanol–water partition coefficient (Wildman–Crippen LogP) is -0.0928. The predicted molar refractivity (Wildman–Crippen MR) is 66.3 cm³/mol. The molecule has 0 aromatic carbocycles. The van der Waals surface area contributed by atoms with Gasteiger partial charge in [0.1, 0.15) is 0 Å². The Morgan fingerprint density at radius 1 is 0.875 bits per heavy atom. The molecule has 1 rings (SSSR count). The van der Waals surface area contributed by atoms with Gasteiger partial charge in [-0.05, 0) is 0 Å². The van der Waals surface area contributed by atoms with E-state index >= 15 is 0 Å². The Morgan fingerprint density at radius 2 is 1.25 bits per heavy atom. The average Bonchev–Trinajstić information content (AvgIpc) is 2.40. The van der Waals surface area contributed by atoms with E-state index in [0.717, 1.165) is 6.54 Å². The van der Waals surface area contributed by atoms with Gasteiger partial charge in [-0.15, -0.1) is 0 Å². The second-order valence-corrected chi connectivity index (χ2v) is 23.5. The van der Waals surface area contributed by atoms with Crippen molar-refractivity contribution < 1.29 is 17.1 Å². The Labute approximate surface area is 103 Å². The van der Waals surface area contributed by atoms with Crippen molar-refractivity contribution >= 4 is 0 Å². The van der Waals surface area contributed by atoms with Crippen LogP contribution in [0, 0.1) is 0 Å². The Morgan fingerprint density at radius 3 is 1.38 bits per heavy atom. The van der Waals surface area contributed by atoms with Gasteiger partial charge in [-0.2, -0.15) is 0 Å². The Hall–Kier alpha value is 0.540. The van der Waals surface area contributed by atoms with Crippen LogP contribution in [-0.2, 0) is 17.1 Å². The minimum absolute atomic E-state index is 0.145. The van der Waals surface area contributed by atoms with E-state index in [-0.39, 0.29) is 5.54 Å². The third kappa shape index (κ3) is 1.71. The molecule has 1 saturated heterocycles. The third-order valence-electron chi connectivity index (χ3n) is 3.59. The zero-order chi connectivity index (χ0) is 12.8. The Bertz CT molecular complexity index is 250. The van der Waals surface area contributed by atoms with Crippen molar-refractivity contribution in [2.75, 3.05) is 48.8 Å². The van der Waals surface area contributed by atoms with Gasteiger partial charge >= 0.3 is 103 Å². The molecule has 0 bridgehead atoms. The molecule has 2 N–H and O–H groups in total. The molecular formula is C10H28N5Ta. The maximum absolute atomic E-state index is 3.94. The number of hydrogen-bond acceptors (Lipinski definition) is 5. The van der Waals surface area contributed by atoms with Gasteiger partial charge in [0.25, 0.3) is 0 Å². The normalized spacial score (nSPS) is 29.6. The van der Waals surface area contributed by atoms with E-state index in [1.807, 2.05) is 0 Å². The van der Waals surface area contributed by atoms with Crippen LogP contribution in [0.4, 0.5) is 0 Å². The molecule has 1 fully saturated rings. The molecule has 1 heterocycles. The first-order valence-corrected chi connectivity index (χ1v) is 13.2. The first kappa shape index (κ1) is 14.6. The van der Waals surface area contributed by atoms with Gasteiger partial charge in [0.05, 0.1) is 0 Å². The van der Waals surface area contributed by atoms with E-state index in [1.54, 1.807) is 0 Å². The van der Waals surface area contributed by atoms with E-state index in [0.29, 0.717) is 0 Å². The van der Waals surface area contributed by atoms with Crippen LogP contribution in [0.5, 0.6) is 0 Å². The van der Waals surface area contributed by atoms with Gasteiger partial charge in [0.2, 0.25) is 0 Å². The summed E-state index contributed by atoms with van der Waals surface area (Å²) < 4.78 is 15.0. The Balaban J connectivity index is 3.33. The van der Waals surface area contributed by atoms with Crippen molar-refractivity contribution in [1.82, 2.24) is 17.4 Å². The summed E-state index contributed by atoms with van der Waals surface area (Å²) in [5.41, 5.74) is 0.145. The number of rotatable bonds is 3. The molecule has 0 aromatic rings. The van der Waals surface area contributed by atoms with Gasteiger partial charge in [0.15, 0.2) is 0 Å². The summed E-state index contributed by atoms with van der Waals surface area (Å²) in [6, 6.07) is 0. The van der Waals surface area contributed by atoms with Gasteiger partial charge in [-0.25, -0.2) is 0 Å². The molecule has 1 aliphatic heterocycles. The van der Waals surface area contributed by atoms with Crippen LogP contribution in [0.3, 0.4) is 0 Å². The first-order chi connectivity index (χ1) is 7.08. The average molecular weight is 399 g/mol. The fraction of sp³-hybridized carbons (Fsp3) is 1.00. The van der Waals surface area contributed by atoms with Crippen LogP contribution in [0.15, 0.2) is 0 Å². The van der Waals surface area contributed by atoms with Crippen LogP contribution in [0.1, 0.15) is 13.8 Å². The van der Waals surface area contributed by atoms with Crippen LogP contribution in [0.25, 0.3) is 0 Å². The van der Waals surface area contributed by atoms with Crippen molar-refractivity contribution in [3.63, 3.8) is 0 Å². The molecule has 0 unspecified atom stereocenters. The zero-order valence-electron chi connectivity index (χ0n) is 12.0. The minimum atomic E-state index is -3.62. The third-order valence-corrected chi connectivity index (χ3v) is 26.2. The van der Waals surface area contributed by atoms with Crippen LogP contribution >= 0.6 is 0 Å². The number of nitrogens with one attached hydrogen (secondary N) is 2. The first-order valence-electron chi connectivity index (χ1n) is 5.69. The summed E-state index contributed by atoms with van der Waals surface area (Å²) in [4.78, 5) is 0. The topological polar surface area (TPSA) is 33.8 Å². The van der Waals surface area contributed by atoms with E-state index in [2.05, 4.69) is 73.5 Å². The molecule has 0 atom stereocenters. The molecule has 6 heteroatoms. The van der Waals surface area contributed by atoms with Gasteiger partial charge < -0.3 is 0 Å². The van der Waals surface area contributed by atoms with Crippen LogP contribution < -0.4 is 7.44 Å². The number of hydrogen-bond donors (Lipinski definition) is 2. The summed E-state index contributed by atoms with van der Waals surface area (Å²) in [6.07, 6.45) is 0. The molecule has 0 aromatic heterocycles. The summed E-state index contributed by atoms with van der Waals surface area (Å²) in [5.74, 6) is 0. The molecule has 0 amide bonds. The van der Waals surface area contributed by atoms with Crippen molar-refractivity contribution in [2.24, 2.45) is 0 Å². The SMILES string of the molecule is C[N](C)[Ta]1([N](C)C)([N](C)C)[NH]CC(C)(C)[NH]1. The second kappa shape index (κ2) is 4.03. The van der Waals surface area contributed by atoms with E-state index < -0.39 is 17.1 Å². The van der Waals surface area contributed by atoms with Crippen molar-refractivity contribution in [3.05, 3.63) is 0 Å². The molecule has 0 aliphatic carbocycles. The summed E-state index contributed by atoms with van der Waals surface area (Å²) in [7, 11) is 13.1. The summed E-state index contributed by atoms with van der Waals surface area (Å²) in [5, 5.41) is 0. The molecule has 0 saturated carbocycles. The Kier molecular flexibility index (Phi) is 3.68. The standard InChI is InChI=1S/C4H10N2.3C2H6N.Ta/c1-4(2,6)3-5;3*1-3-2;/h5-6H,3H2,1-2H3;3*1-2H3;/q-2;3*-1;+5. The van der Waals surface area contributed by atoms with E-state index in [9.17, 15) is 0 Å². The van der Waals surface area contributed by atoms with Crippen molar-refractivity contribution in [2.45, 2.75) is 19.4 Å². The monoisotopic (exact) mass is 399 g/mol. The molecule has 98 valence electrons. The molecule has 0 spiro atoms. The summed E-state index contributed by atoms with van der Waals surface area (Å²) in [6.45, 7) is 5.53. The summed E-state index contributed by atoms with van der Waals surface area (Å²) >= 11 is -3.62. The quantitative estimate of drug-likeness (QED) is 0.694. The molecule has 1 aliphatic rings. The second-order valence-electron chi connectivity index (χ2n) is 5.85. The van der Waals surface area contributed by atoms with Gasteiger partial charge in [0, 0.05) is 0 Å². The molecule has 16 heavy (non-hydrogen) atoms. The molecule has 0 radical (unpaired) electrons.